The summed E-state index contributed by atoms with van der Waals surface area (Å²) in [6.07, 6.45) is 6.46. The van der Waals surface area contributed by atoms with Crippen LogP contribution in [-0.2, 0) is 16.1 Å². The lowest BCUT2D eigenvalue weighted by atomic mass is 9.97. The van der Waals surface area contributed by atoms with Gasteiger partial charge < -0.3 is 14.2 Å². The Hall–Kier alpha value is -3.48. The number of ether oxygens (including phenoxy) is 1. The number of nitrogens with zero attached hydrogens (tertiary/aromatic N) is 3. The molecule has 1 amide bonds. The number of carbonyl (C=O) groups excluding carboxylic acids is 2. The van der Waals surface area contributed by atoms with E-state index in [2.05, 4.69) is 9.55 Å². The predicted molar refractivity (Wildman–Crippen MR) is 121 cm³/mol. The first kappa shape index (κ1) is 21.7. The molecule has 0 N–H and O–H groups in total. The lowest BCUT2D eigenvalue weighted by Crippen LogP contribution is -2.44. The van der Waals surface area contributed by atoms with Gasteiger partial charge in [0.1, 0.15) is 5.65 Å². The third kappa shape index (κ3) is 4.28. The number of esters is 1. The van der Waals surface area contributed by atoms with Crippen molar-refractivity contribution in [2.24, 2.45) is 0 Å². The minimum Gasteiger partial charge on any atom is -0.465 e. The lowest BCUT2D eigenvalue weighted by molar-refractivity contribution is -0.141. The van der Waals surface area contributed by atoms with Crippen LogP contribution >= 0.6 is 0 Å². The molecule has 4 rings (SSSR count). The number of halogens is 1. The van der Waals surface area contributed by atoms with Gasteiger partial charge in [0.2, 0.25) is 0 Å². The molecule has 32 heavy (non-hydrogen) atoms. The predicted octanol–water partition coefficient (Wildman–Crippen LogP) is 4.24. The number of hydrogen-bond acceptors (Lipinski definition) is 4. The zero-order valence-corrected chi connectivity index (χ0v) is 18.5. The van der Waals surface area contributed by atoms with Gasteiger partial charge in [-0.05, 0) is 61.2 Å². The van der Waals surface area contributed by atoms with Crippen LogP contribution in [0.3, 0.4) is 0 Å². The summed E-state index contributed by atoms with van der Waals surface area (Å²) in [6, 6.07) is 11.4. The van der Waals surface area contributed by atoms with Crippen molar-refractivity contribution in [3.63, 3.8) is 0 Å². The van der Waals surface area contributed by atoms with Crippen molar-refractivity contribution in [2.75, 3.05) is 20.2 Å². The molecule has 0 atom stereocenters. The van der Waals surface area contributed by atoms with E-state index >= 15 is 0 Å². The van der Waals surface area contributed by atoms with Crippen LogP contribution in [0.4, 0.5) is 4.39 Å². The molecule has 6 nitrogen and oxygen atoms in total. The SMILES string of the molecule is COC(=O)c1ccc(Cn2ccc3c(C4=CCN(C(=O)C(C)(C)F)CC4)ccnc32)cc1. The monoisotopic (exact) mass is 435 g/mol. The third-order valence-corrected chi connectivity index (χ3v) is 5.74. The number of carbonyl (C=O) groups is 2. The van der Waals surface area contributed by atoms with E-state index in [1.54, 1.807) is 23.2 Å². The second-order valence-corrected chi connectivity index (χ2v) is 8.43. The molecule has 0 aliphatic carbocycles. The Bertz CT molecular complexity index is 1190. The summed E-state index contributed by atoms with van der Waals surface area (Å²) < 4.78 is 20.8. The molecule has 0 fully saturated rings. The number of methoxy groups -OCH3 is 1. The molecule has 0 spiro atoms. The quantitative estimate of drug-likeness (QED) is 0.563. The molecule has 3 heterocycles. The van der Waals surface area contributed by atoms with Gasteiger partial charge in [-0.15, -0.1) is 0 Å². The van der Waals surface area contributed by atoms with Crippen molar-refractivity contribution in [2.45, 2.75) is 32.5 Å². The molecule has 7 heteroatoms. The number of benzene rings is 1. The van der Waals surface area contributed by atoms with Crippen molar-refractivity contribution < 1.29 is 18.7 Å². The summed E-state index contributed by atoms with van der Waals surface area (Å²) in [5.74, 6) is -0.831. The van der Waals surface area contributed by atoms with Crippen molar-refractivity contribution in [3.8, 4) is 0 Å². The van der Waals surface area contributed by atoms with E-state index in [1.165, 1.54) is 21.0 Å². The van der Waals surface area contributed by atoms with Gasteiger partial charge in [0, 0.05) is 37.4 Å². The standard InChI is InChI=1S/C25H26FN3O3/c1-25(2,26)24(31)28-13-9-18(10-14-28)20-8-12-27-22-21(20)11-15-29(22)16-17-4-6-19(7-5-17)23(30)32-3/h4-9,11-12,15H,10,13-14,16H2,1-3H3. The van der Waals surface area contributed by atoms with Crippen molar-refractivity contribution >= 4 is 28.5 Å². The maximum absolute atomic E-state index is 14.0. The van der Waals surface area contributed by atoms with Crippen LogP contribution in [-0.4, -0.2) is 52.2 Å². The highest BCUT2D eigenvalue weighted by Crippen LogP contribution is 2.30. The minimum absolute atomic E-state index is 0.356. The molecule has 0 unspecified atom stereocenters. The third-order valence-electron chi connectivity index (χ3n) is 5.74. The Morgan fingerprint density at radius 2 is 1.91 bits per heavy atom. The molecule has 166 valence electrons. The summed E-state index contributed by atoms with van der Waals surface area (Å²) >= 11 is 0. The van der Waals surface area contributed by atoms with Gasteiger partial charge in [-0.1, -0.05) is 18.2 Å². The number of aromatic nitrogens is 2. The average molecular weight is 435 g/mol. The Kier molecular flexibility index (Phi) is 5.82. The Morgan fingerprint density at radius 1 is 1.16 bits per heavy atom. The van der Waals surface area contributed by atoms with E-state index in [1.807, 2.05) is 36.5 Å². The summed E-state index contributed by atoms with van der Waals surface area (Å²) in [4.78, 5) is 30.0. The first-order valence-corrected chi connectivity index (χ1v) is 10.6. The maximum Gasteiger partial charge on any atom is 0.337 e. The topological polar surface area (TPSA) is 64.4 Å². The zero-order chi connectivity index (χ0) is 22.9. The Labute approximate surface area is 186 Å². The van der Waals surface area contributed by atoms with Gasteiger partial charge in [-0.3, -0.25) is 4.79 Å². The van der Waals surface area contributed by atoms with E-state index in [-0.39, 0.29) is 5.97 Å². The lowest BCUT2D eigenvalue weighted by Gasteiger charge is -2.30. The van der Waals surface area contributed by atoms with Crippen LogP contribution in [0, 0.1) is 0 Å². The molecule has 1 aliphatic rings. The molecule has 2 aromatic heterocycles. The highest BCUT2D eigenvalue weighted by Gasteiger charge is 2.32. The van der Waals surface area contributed by atoms with Crippen LogP contribution < -0.4 is 0 Å². The first-order valence-electron chi connectivity index (χ1n) is 10.6. The fourth-order valence-electron chi connectivity index (χ4n) is 4.03. The molecule has 1 aliphatic heterocycles. The Balaban J connectivity index is 1.56. The highest BCUT2D eigenvalue weighted by molar-refractivity contribution is 5.92. The molecule has 0 bridgehead atoms. The molecule has 1 aromatic carbocycles. The minimum atomic E-state index is -1.86. The van der Waals surface area contributed by atoms with Gasteiger partial charge in [-0.2, -0.15) is 0 Å². The maximum atomic E-state index is 14.0. The molecule has 0 radical (unpaired) electrons. The van der Waals surface area contributed by atoms with E-state index in [0.717, 1.165) is 27.7 Å². The number of rotatable bonds is 5. The number of hydrogen-bond donors (Lipinski definition) is 0. The van der Waals surface area contributed by atoms with Gasteiger partial charge in [-0.25, -0.2) is 14.2 Å². The number of alkyl halides is 1. The van der Waals surface area contributed by atoms with Crippen LogP contribution in [0.15, 0.2) is 54.9 Å². The van der Waals surface area contributed by atoms with Crippen LogP contribution in [0.2, 0.25) is 0 Å². The van der Waals surface area contributed by atoms with Crippen molar-refractivity contribution in [3.05, 3.63) is 71.6 Å². The molecule has 0 saturated heterocycles. The first-order chi connectivity index (χ1) is 15.3. The summed E-state index contributed by atoms with van der Waals surface area (Å²) in [6.45, 7) is 4.11. The zero-order valence-electron chi connectivity index (χ0n) is 18.5. The molecule has 3 aromatic rings. The smallest absolute Gasteiger partial charge is 0.337 e. The number of amides is 1. The Morgan fingerprint density at radius 3 is 2.53 bits per heavy atom. The highest BCUT2D eigenvalue weighted by atomic mass is 19.1. The largest absolute Gasteiger partial charge is 0.465 e. The van der Waals surface area contributed by atoms with Crippen LogP contribution in [0.5, 0.6) is 0 Å². The van der Waals surface area contributed by atoms with Gasteiger partial charge in [0.15, 0.2) is 5.67 Å². The molecular formula is C25H26FN3O3. The summed E-state index contributed by atoms with van der Waals surface area (Å²) in [5.41, 5.74) is 2.79. The second-order valence-electron chi connectivity index (χ2n) is 8.43. The summed E-state index contributed by atoms with van der Waals surface area (Å²) in [5, 5.41) is 1.04. The fourth-order valence-corrected chi connectivity index (χ4v) is 4.03. The van der Waals surface area contributed by atoms with E-state index in [4.69, 9.17) is 4.74 Å². The number of pyridine rings is 1. The average Bonchev–Trinajstić information content (AvgIpc) is 3.21. The van der Waals surface area contributed by atoms with Crippen molar-refractivity contribution in [1.82, 2.24) is 14.5 Å². The van der Waals surface area contributed by atoms with Gasteiger partial charge in [0.25, 0.3) is 5.91 Å². The van der Waals surface area contributed by atoms with E-state index in [9.17, 15) is 14.0 Å². The normalized spacial score (nSPS) is 14.4. The number of fused-ring (bicyclic) bond motifs is 1. The summed E-state index contributed by atoms with van der Waals surface area (Å²) in [7, 11) is 1.37. The van der Waals surface area contributed by atoms with E-state index in [0.29, 0.717) is 31.6 Å². The van der Waals surface area contributed by atoms with E-state index < -0.39 is 11.6 Å². The fraction of sp³-hybridized carbons (Fsp3) is 0.320. The molecule has 0 saturated carbocycles. The van der Waals surface area contributed by atoms with Crippen molar-refractivity contribution in [1.29, 1.82) is 0 Å². The second kappa shape index (κ2) is 8.57. The van der Waals surface area contributed by atoms with Gasteiger partial charge >= 0.3 is 5.97 Å². The van der Waals surface area contributed by atoms with Crippen LogP contribution in [0.25, 0.3) is 16.6 Å². The van der Waals surface area contributed by atoms with Gasteiger partial charge in [0.05, 0.1) is 12.7 Å². The van der Waals surface area contributed by atoms with Crippen LogP contribution in [0.1, 0.15) is 41.8 Å². The molecular weight excluding hydrogens is 409 g/mol.